The molecule has 1 N–H and O–H groups in total. The highest BCUT2D eigenvalue weighted by molar-refractivity contribution is 6.01. The molecule has 3 heterocycles. The van der Waals surface area contributed by atoms with Gasteiger partial charge in [-0.1, -0.05) is 6.07 Å². The lowest BCUT2D eigenvalue weighted by molar-refractivity contribution is 0.0351. The van der Waals surface area contributed by atoms with Crippen molar-refractivity contribution in [2.75, 3.05) is 20.2 Å². The first kappa shape index (κ1) is 20.3. The Balaban J connectivity index is 1.72. The lowest BCUT2D eigenvalue weighted by atomic mass is 9.98. The van der Waals surface area contributed by atoms with Crippen LogP contribution in [-0.2, 0) is 4.74 Å². The molecule has 1 aliphatic heterocycles. The summed E-state index contributed by atoms with van der Waals surface area (Å²) >= 11 is 0. The number of nitrogens with one attached hydrogen (secondary N) is 1. The maximum Gasteiger partial charge on any atom is 0.254 e. The van der Waals surface area contributed by atoms with Gasteiger partial charge in [0.25, 0.3) is 5.91 Å². The first-order valence-corrected chi connectivity index (χ1v) is 10.4. The molecular formula is C22H28N6O2. The van der Waals surface area contributed by atoms with Crippen LogP contribution in [0.5, 0.6) is 0 Å². The monoisotopic (exact) mass is 408 g/mol. The zero-order valence-electron chi connectivity index (χ0n) is 17.9. The van der Waals surface area contributed by atoms with Crippen LogP contribution in [-0.4, -0.2) is 62.1 Å². The number of ether oxygens (including phenoxy) is 1. The third-order valence-electron chi connectivity index (χ3n) is 5.60. The van der Waals surface area contributed by atoms with Gasteiger partial charge in [0.15, 0.2) is 5.82 Å². The van der Waals surface area contributed by atoms with Gasteiger partial charge in [-0.25, -0.2) is 0 Å². The molecule has 4 rings (SSSR count). The molecule has 0 unspecified atom stereocenters. The second-order valence-electron chi connectivity index (χ2n) is 8.02. The summed E-state index contributed by atoms with van der Waals surface area (Å²) in [7, 11) is 1.73. The second-order valence-corrected chi connectivity index (χ2v) is 8.02. The van der Waals surface area contributed by atoms with Crippen molar-refractivity contribution >= 4 is 5.91 Å². The maximum atomic E-state index is 13.4. The molecule has 0 spiro atoms. The zero-order chi connectivity index (χ0) is 21.3. The molecule has 1 aliphatic rings. The van der Waals surface area contributed by atoms with Crippen LogP contribution in [0.15, 0.2) is 30.5 Å². The third kappa shape index (κ3) is 4.00. The van der Waals surface area contributed by atoms with Crippen molar-refractivity contribution in [2.24, 2.45) is 0 Å². The SMILES string of the molecule is COC1CCN(C(=O)c2ccc(-c3nnc(C)[nH]3)cc2-c2ccn(C(C)C)n2)CC1. The molecule has 3 aromatic rings. The Morgan fingerprint density at radius 1 is 1.20 bits per heavy atom. The first-order chi connectivity index (χ1) is 14.5. The first-order valence-electron chi connectivity index (χ1n) is 10.4. The van der Waals surface area contributed by atoms with Crippen molar-refractivity contribution in [3.05, 3.63) is 41.9 Å². The minimum absolute atomic E-state index is 0.0268. The van der Waals surface area contributed by atoms with Crippen LogP contribution >= 0.6 is 0 Å². The van der Waals surface area contributed by atoms with E-state index in [4.69, 9.17) is 9.84 Å². The summed E-state index contributed by atoms with van der Waals surface area (Å²) in [5, 5.41) is 13.0. The number of methoxy groups -OCH3 is 1. The summed E-state index contributed by atoms with van der Waals surface area (Å²) in [5.74, 6) is 1.45. The van der Waals surface area contributed by atoms with Gasteiger partial charge < -0.3 is 14.6 Å². The van der Waals surface area contributed by atoms with Gasteiger partial charge in [0.2, 0.25) is 0 Å². The van der Waals surface area contributed by atoms with E-state index in [9.17, 15) is 4.79 Å². The predicted molar refractivity (Wildman–Crippen MR) is 114 cm³/mol. The van der Waals surface area contributed by atoms with Crippen molar-refractivity contribution in [3.63, 3.8) is 0 Å². The third-order valence-corrected chi connectivity index (χ3v) is 5.60. The van der Waals surface area contributed by atoms with E-state index in [-0.39, 0.29) is 18.1 Å². The molecule has 0 aliphatic carbocycles. The van der Waals surface area contributed by atoms with Gasteiger partial charge >= 0.3 is 0 Å². The van der Waals surface area contributed by atoms with Gasteiger partial charge in [0, 0.05) is 49.1 Å². The van der Waals surface area contributed by atoms with Gasteiger partial charge in [-0.3, -0.25) is 9.48 Å². The number of hydrogen-bond donors (Lipinski definition) is 1. The molecule has 2 aromatic heterocycles. The molecule has 8 heteroatoms. The number of aryl methyl sites for hydroxylation is 1. The molecule has 8 nitrogen and oxygen atoms in total. The van der Waals surface area contributed by atoms with E-state index in [1.807, 2.05) is 47.0 Å². The molecular weight excluding hydrogens is 380 g/mol. The molecule has 0 bridgehead atoms. The fraction of sp³-hybridized carbons (Fsp3) is 0.455. The highest BCUT2D eigenvalue weighted by Crippen LogP contribution is 2.30. The summed E-state index contributed by atoms with van der Waals surface area (Å²) < 4.78 is 7.34. The van der Waals surface area contributed by atoms with Crippen LogP contribution in [0.25, 0.3) is 22.6 Å². The predicted octanol–water partition coefficient (Wildman–Crippen LogP) is 3.48. The fourth-order valence-corrected chi connectivity index (χ4v) is 3.80. The molecule has 1 aromatic carbocycles. The number of hydrogen-bond acceptors (Lipinski definition) is 5. The van der Waals surface area contributed by atoms with Crippen molar-refractivity contribution in [1.82, 2.24) is 29.9 Å². The Morgan fingerprint density at radius 3 is 2.57 bits per heavy atom. The standard InChI is InChI=1S/C22H28N6O2/c1-14(2)28-12-9-20(26-28)19-13-16(21-23-15(3)24-25-21)5-6-18(19)22(29)27-10-7-17(30-4)8-11-27/h5-6,9,12-14,17H,7-8,10-11H2,1-4H3,(H,23,24,25). The van der Waals surface area contributed by atoms with Crippen molar-refractivity contribution < 1.29 is 9.53 Å². The van der Waals surface area contributed by atoms with Gasteiger partial charge in [-0.15, -0.1) is 10.2 Å². The molecule has 0 atom stereocenters. The lowest BCUT2D eigenvalue weighted by Crippen LogP contribution is -2.40. The number of likely N-dealkylation sites (tertiary alicyclic amines) is 1. The molecule has 158 valence electrons. The number of nitrogens with zero attached hydrogens (tertiary/aromatic N) is 5. The highest BCUT2D eigenvalue weighted by atomic mass is 16.5. The molecule has 1 amide bonds. The number of aromatic amines is 1. The summed E-state index contributed by atoms with van der Waals surface area (Å²) in [6.07, 6.45) is 3.89. The summed E-state index contributed by atoms with van der Waals surface area (Å²) in [4.78, 5) is 18.5. The van der Waals surface area contributed by atoms with E-state index < -0.39 is 0 Å². The average Bonchev–Trinajstić information content (AvgIpc) is 3.42. The molecule has 30 heavy (non-hydrogen) atoms. The van der Waals surface area contributed by atoms with Crippen molar-refractivity contribution in [1.29, 1.82) is 0 Å². The summed E-state index contributed by atoms with van der Waals surface area (Å²) in [5.41, 5.74) is 3.11. The highest BCUT2D eigenvalue weighted by Gasteiger charge is 2.26. The molecule has 1 fully saturated rings. The average molecular weight is 409 g/mol. The quantitative estimate of drug-likeness (QED) is 0.698. The normalized spacial score (nSPS) is 15.2. The minimum Gasteiger partial charge on any atom is -0.381 e. The second kappa shape index (κ2) is 8.39. The number of piperidine rings is 1. The van der Waals surface area contributed by atoms with E-state index >= 15 is 0 Å². The number of amides is 1. The number of rotatable bonds is 5. The van der Waals surface area contributed by atoms with Crippen molar-refractivity contribution in [2.45, 2.75) is 45.8 Å². The van der Waals surface area contributed by atoms with E-state index in [2.05, 4.69) is 29.0 Å². The topological polar surface area (TPSA) is 88.9 Å². The number of benzene rings is 1. The van der Waals surface area contributed by atoms with E-state index in [0.717, 1.165) is 35.5 Å². The van der Waals surface area contributed by atoms with Gasteiger partial charge in [-0.2, -0.15) is 5.10 Å². The van der Waals surface area contributed by atoms with Crippen LogP contribution in [0.4, 0.5) is 0 Å². The van der Waals surface area contributed by atoms with Crippen LogP contribution < -0.4 is 0 Å². The fourth-order valence-electron chi connectivity index (χ4n) is 3.80. The van der Waals surface area contributed by atoms with Crippen molar-refractivity contribution in [3.8, 4) is 22.6 Å². The Hall–Kier alpha value is -3.00. The maximum absolute atomic E-state index is 13.4. The molecule has 1 saturated heterocycles. The van der Waals surface area contributed by atoms with E-state index in [1.54, 1.807) is 7.11 Å². The summed E-state index contributed by atoms with van der Waals surface area (Å²) in [6, 6.07) is 7.96. The Kier molecular flexibility index (Phi) is 5.67. The number of carbonyl (C=O) groups is 1. The Bertz CT molecular complexity index is 1030. The number of carbonyl (C=O) groups excluding carboxylic acids is 1. The molecule has 0 saturated carbocycles. The number of aromatic nitrogens is 5. The van der Waals surface area contributed by atoms with Crippen LogP contribution in [0.2, 0.25) is 0 Å². The Labute approximate surface area is 176 Å². The smallest absolute Gasteiger partial charge is 0.254 e. The summed E-state index contributed by atoms with van der Waals surface area (Å²) in [6.45, 7) is 7.41. The minimum atomic E-state index is 0.0268. The zero-order valence-corrected chi connectivity index (χ0v) is 17.9. The largest absolute Gasteiger partial charge is 0.381 e. The van der Waals surface area contributed by atoms with Crippen LogP contribution in [0, 0.1) is 6.92 Å². The van der Waals surface area contributed by atoms with Gasteiger partial charge in [-0.05, 0) is 51.8 Å². The van der Waals surface area contributed by atoms with Crippen LogP contribution in [0.3, 0.4) is 0 Å². The lowest BCUT2D eigenvalue weighted by Gasteiger charge is -2.31. The molecule has 0 radical (unpaired) electrons. The van der Waals surface area contributed by atoms with Gasteiger partial charge in [0.05, 0.1) is 11.8 Å². The van der Waals surface area contributed by atoms with E-state index in [0.29, 0.717) is 24.5 Å². The van der Waals surface area contributed by atoms with Crippen LogP contribution in [0.1, 0.15) is 48.9 Å². The van der Waals surface area contributed by atoms with Gasteiger partial charge in [0.1, 0.15) is 5.82 Å². The Morgan fingerprint density at radius 2 is 1.97 bits per heavy atom. The number of H-pyrrole nitrogens is 1. The van der Waals surface area contributed by atoms with E-state index in [1.165, 1.54) is 0 Å².